The van der Waals surface area contributed by atoms with Crippen molar-refractivity contribution in [3.8, 4) is 0 Å². The van der Waals surface area contributed by atoms with E-state index >= 15 is 0 Å². The number of hydrogen-bond donors (Lipinski definition) is 2. The van der Waals surface area contributed by atoms with Crippen LogP contribution in [-0.4, -0.2) is 6.54 Å². The van der Waals surface area contributed by atoms with Gasteiger partial charge in [0.2, 0.25) is 0 Å². The Bertz CT molecular complexity index is 446. The SMILES string of the molecule is NCC[C@H](N)c1cccc2ccccc12. The minimum atomic E-state index is 0.0427. The van der Waals surface area contributed by atoms with Gasteiger partial charge in [0.05, 0.1) is 0 Å². The number of benzene rings is 2. The van der Waals surface area contributed by atoms with Gasteiger partial charge in [0.15, 0.2) is 0 Å². The minimum absolute atomic E-state index is 0.0427. The maximum atomic E-state index is 6.09. The highest BCUT2D eigenvalue weighted by atomic mass is 14.7. The Labute approximate surface area is 89.9 Å². The van der Waals surface area contributed by atoms with Crippen molar-refractivity contribution in [3.63, 3.8) is 0 Å². The molecule has 0 aliphatic rings. The zero-order valence-electron chi connectivity index (χ0n) is 8.69. The molecule has 0 bridgehead atoms. The molecule has 2 aromatic carbocycles. The van der Waals surface area contributed by atoms with Crippen molar-refractivity contribution in [1.82, 2.24) is 0 Å². The Morgan fingerprint density at radius 2 is 1.73 bits per heavy atom. The largest absolute Gasteiger partial charge is 0.330 e. The molecule has 2 nitrogen and oxygen atoms in total. The third-order valence-electron chi connectivity index (χ3n) is 2.70. The lowest BCUT2D eigenvalue weighted by molar-refractivity contribution is 0.666. The first-order valence-corrected chi connectivity index (χ1v) is 5.26. The molecule has 78 valence electrons. The monoisotopic (exact) mass is 200 g/mol. The Kier molecular flexibility index (Phi) is 2.99. The summed E-state index contributed by atoms with van der Waals surface area (Å²) in [4.78, 5) is 0. The molecule has 0 aliphatic carbocycles. The number of rotatable bonds is 3. The average molecular weight is 200 g/mol. The molecular weight excluding hydrogens is 184 g/mol. The molecule has 0 aliphatic heterocycles. The summed E-state index contributed by atoms with van der Waals surface area (Å²) in [5, 5.41) is 2.48. The summed E-state index contributed by atoms with van der Waals surface area (Å²) in [5.41, 5.74) is 12.8. The lowest BCUT2D eigenvalue weighted by Crippen LogP contribution is -2.15. The van der Waals surface area contributed by atoms with Crippen LogP contribution in [-0.2, 0) is 0 Å². The molecule has 0 fully saturated rings. The summed E-state index contributed by atoms with van der Waals surface area (Å²) in [6.07, 6.45) is 0.827. The van der Waals surface area contributed by atoms with Crippen LogP contribution in [0.2, 0.25) is 0 Å². The Morgan fingerprint density at radius 3 is 2.53 bits per heavy atom. The third kappa shape index (κ3) is 2.01. The van der Waals surface area contributed by atoms with Crippen LogP contribution < -0.4 is 11.5 Å². The molecule has 2 rings (SSSR count). The van der Waals surface area contributed by atoms with E-state index in [0.717, 1.165) is 6.42 Å². The van der Waals surface area contributed by atoms with Gasteiger partial charge >= 0.3 is 0 Å². The molecule has 0 heterocycles. The van der Waals surface area contributed by atoms with E-state index in [1.165, 1.54) is 16.3 Å². The van der Waals surface area contributed by atoms with Crippen LogP contribution in [0.3, 0.4) is 0 Å². The maximum absolute atomic E-state index is 6.09. The van der Waals surface area contributed by atoms with E-state index in [1.807, 2.05) is 18.2 Å². The van der Waals surface area contributed by atoms with Gasteiger partial charge in [0.25, 0.3) is 0 Å². The van der Waals surface area contributed by atoms with Crippen molar-refractivity contribution in [1.29, 1.82) is 0 Å². The van der Waals surface area contributed by atoms with Crippen LogP contribution >= 0.6 is 0 Å². The van der Waals surface area contributed by atoms with Crippen molar-refractivity contribution in [2.24, 2.45) is 11.5 Å². The van der Waals surface area contributed by atoms with Crippen LogP contribution in [0.15, 0.2) is 42.5 Å². The van der Waals surface area contributed by atoms with Gasteiger partial charge in [-0.2, -0.15) is 0 Å². The molecule has 2 aromatic rings. The Balaban J connectivity index is 2.50. The summed E-state index contributed by atoms with van der Waals surface area (Å²) < 4.78 is 0. The van der Waals surface area contributed by atoms with Crippen molar-refractivity contribution in [2.45, 2.75) is 12.5 Å². The van der Waals surface area contributed by atoms with E-state index in [4.69, 9.17) is 11.5 Å². The zero-order chi connectivity index (χ0) is 10.7. The van der Waals surface area contributed by atoms with Crippen LogP contribution in [0.1, 0.15) is 18.0 Å². The van der Waals surface area contributed by atoms with E-state index in [2.05, 4.69) is 24.3 Å². The quantitative estimate of drug-likeness (QED) is 0.798. The van der Waals surface area contributed by atoms with E-state index in [9.17, 15) is 0 Å². The second-order valence-electron chi connectivity index (χ2n) is 3.75. The molecule has 15 heavy (non-hydrogen) atoms. The minimum Gasteiger partial charge on any atom is -0.330 e. The Morgan fingerprint density at radius 1 is 1.00 bits per heavy atom. The van der Waals surface area contributed by atoms with Gasteiger partial charge in [0, 0.05) is 6.04 Å². The van der Waals surface area contributed by atoms with E-state index in [-0.39, 0.29) is 6.04 Å². The fourth-order valence-corrected chi connectivity index (χ4v) is 1.91. The van der Waals surface area contributed by atoms with Gasteiger partial charge in [-0.05, 0) is 29.3 Å². The Hall–Kier alpha value is -1.38. The molecular formula is C13H16N2. The summed E-state index contributed by atoms with van der Waals surface area (Å²) in [6.45, 7) is 0.629. The molecule has 0 radical (unpaired) electrons. The lowest BCUT2D eigenvalue weighted by Gasteiger charge is -2.13. The van der Waals surface area contributed by atoms with Crippen molar-refractivity contribution in [2.75, 3.05) is 6.54 Å². The number of nitrogens with two attached hydrogens (primary N) is 2. The van der Waals surface area contributed by atoms with Gasteiger partial charge in [-0.15, -0.1) is 0 Å². The highest BCUT2D eigenvalue weighted by molar-refractivity contribution is 5.86. The first-order chi connectivity index (χ1) is 7.33. The summed E-state index contributed by atoms with van der Waals surface area (Å²) >= 11 is 0. The zero-order valence-corrected chi connectivity index (χ0v) is 8.69. The summed E-state index contributed by atoms with van der Waals surface area (Å²) in [7, 11) is 0. The van der Waals surface area contributed by atoms with Crippen LogP contribution in [0.4, 0.5) is 0 Å². The van der Waals surface area contributed by atoms with Gasteiger partial charge in [0.1, 0.15) is 0 Å². The van der Waals surface area contributed by atoms with Gasteiger partial charge in [-0.25, -0.2) is 0 Å². The first-order valence-electron chi connectivity index (χ1n) is 5.26. The topological polar surface area (TPSA) is 52.0 Å². The summed E-state index contributed by atoms with van der Waals surface area (Å²) in [6, 6.07) is 14.6. The second-order valence-corrected chi connectivity index (χ2v) is 3.75. The highest BCUT2D eigenvalue weighted by Gasteiger charge is 2.07. The van der Waals surface area contributed by atoms with Gasteiger partial charge < -0.3 is 11.5 Å². The van der Waals surface area contributed by atoms with Crippen molar-refractivity contribution >= 4 is 10.8 Å². The second kappa shape index (κ2) is 4.43. The van der Waals surface area contributed by atoms with Crippen LogP contribution in [0, 0.1) is 0 Å². The molecule has 2 heteroatoms. The fraction of sp³-hybridized carbons (Fsp3) is 0.231. The molecule has 0 amide bonds. The van der Waals surface area contributed by atoms with Crippen LogP contribution in [0.5, 0.6) is 0 Å². The molecule has 0 saturated heterocycles. The smallest absolute Gasteiger partial charge is 0.0313 e. The predicted molar refractivity (Wildman–Crippen MR) is 64.5 cm³/mol. The van der Waals surface area contributed by atoms with Gasteiger partial charge in [-0.3, -0.25) is 0 Å². The molecule has 4 N–H and O–H groups in total. The molecule has 0 spiro atoms. The standard InChI is InChI=1S/C13H16N2/c14-9-8-13(15)12-7-3-5-10-4-1-2-6-11(10)12/h1-7,13H,8-9,14-15H2/t13-/m0/s1. The fourth-order valence-electron chi connectivity index (χ4n) is 1.91. The molecule has 0 aromatic heterocycles. The normalized spacial score (nSPS) is 12.9. The van der Waals surface area contributed by atoms with Crippen molar-refractivity contribution in [3.05, 3.63) is 48.0 Å². The predicted octanol–water partition coefficient (Wildman–Crippen LogP) is 2.19. The van der Waals surface area contributed by atoms with E-state index in [0.29, 0.717) is 6.54 Å². The number of fused-ring (bicyclic) bond motifs is 1. The third-order valence-corrected chi connectivity index (χ3v) is 2.70. The number of hydrogen-bond acceptors (Lipinski definition) is 2. The molecule has 0 unspecified atom stereocenters. The average Bonchev–Trinajstić information content (AvgIpc) is 2.28. The van der Waals surface area contributed by atoms with Gasteiger partial charge in [-0.1, -0.05) is 42.5 Å². The van der Waals surface area contributed by atoms with Crippen LogP contribution in [0.25, 0.3) is 10.8 Å². The van der Waals surface area contributed by atoms with E-state index < -0.39 is 0 Å². The van der Waals surface area contributed by atoms with E-state index in [1.54, 1.807) is 0 Å². The van der Waals surface area contributed by atoms with Crippen molar-refractivity contribution < 1.29 is 0 Å². The highest BCUT2D eigenvalue weighted by Crippen LogP contribution is 2.24. The first kappa shape index (κ1) is 10.1. The maximum Gasteiger partial charge on any atom is 0.0313 e. The molecule has 1 atom stereocenters. The molecule has 0 saturated carbocycles. The lowest BCUT2D eigenvalue weighted by atomic mass is 9.97. The summed E-state index contributed by atoms with van der Waals surface area (Å²) in [5.74, 6) is 0.